The van der Waals surface area contributed by atoms with Crippen LogP contribution in [-0.4, -0.2) is 11.3 Å². The molecule has 0 saturated carbocycles. The van der Waals surface area contributed by atoms with Crippen LogP contribution in [0.15, 0.2) is 352 Å². The molecule has 0 unspecified atom stereocenters. The van der Waals surface area contributed by atoms with Crippen LogP contribution in [0, 0.1) is 0 Å². The summed E-state index contributed by atoms with van der Waals surface area (Å²) in [5.74, 6) is 0. The van der Waals surface area contributed by atoms with E-state index in [1.807, 2.05) is 6.07 Å². The Morgan fingerprint density at radius 1 is 0.290 bits per heavy atom. The zero-order valence-corrected chi connectivity index (χ0v) is 62.0. The Morgan fingerprint density at radius 3 is 1.22 bits per heavy atom. The summed E-state index contributed by atoms with van der Waals surface area (Å²) in [4.78, 5) is 7.45. The van der Waals surface area contributed by atoms with Crippen molar-refractivity contribution in [1.29, 1.82) is 0 Å². The van der Waals surface area contributed by atoms with Crippen LogP contribution in [0.25, 0.3) is 94.3 Å². The first kappa shape index (κ1) is 60.9. The summed E-state index contributed by atoms with van der Waals surface area (Å²) in [6, 6.07) is 116. The van der Waals surface area contributed by atoms with Gasteiger partial charge in [0.1, 0.15) is 0 Å². The summed E-state index contributed by atoms with van der Waals surface area (Å²) in [5, 5.41) is 2.41. The van der Waals surface area contributed by atoms with E-state index in [9.17, 15) is 2.74 Å². The third-order valence-electron chi connectivity index (χ3n) is 21.8. The minimum absolute atomic E-state index is 0.134. The number of hydrogen-bond acceptors (Lipinski definition) is 3. The standard InChI is InChI=1S/C102H85BN4/c1-100(2,3)78-57-76(58-79(64-78)101(4,5)6)77-62-96-98-97(63-77)107(99-88(71-38-22-13-23-39-71)65-80(102(7,8)9)66-89(99)72-40-24-14-25-41-72)95-67-84(104(81-42-26-15-27-43-81)82-49-51-83(52-50-82)105-92-46-30-28-44-86(92)87-45-29-31-47-93(87)105)53-55-91(95)103(98)90-54-48-73(68-32-16-10-17-33-68)61-94(90)106(96)85-59-74(69-34-18-11-19-35-69)56-75(60-85)70-36-20-12-21-37-70/h10-67H,1-9H3/i10D,16D,17D,32D,33D. The predicted molar refractivity (Wildman–Crippen MR) is 458 cm³/mol. The minimum Gasteiger partial charge on any atom is -0.311 e. The number of benzene rings is 15. The molecule has 15 aromatic carbocycles. The van der Waals surface area contributed by atoms with E-state index < -0.39 is 12.8 Å². The van der Waals surface area contributed by atoms with Crippen LogP contribution in [0.5, 0.6) is 0 Å². The van der Waals surface area contributed by atoms with Crippen molar-refractivity contribution in [3.8, 4) is 72.4 Å². The number of fused-ring (bicyclic) bond motifs is 7. The average molecular weight is 1380 g/mol. The van der Waals surface area contributed by atoms with Gasteiger partial charge in [-0.25, -0.2) is 0 Å². The lowest BCUT2D eigenvalue weighted by Crippen LogP contribution is -2.61. The molecule has 18 rings (SSSR count). The largest absolute Gasteiger partial charge is 0.311 e. The third-order valence-corrected chi connectivity index (χ3v) is 21.8. The van der Waals surface area contributed by atoms with Gasteiger partial charge in [-0.15, -0.1) is 0 Å². The first-order valence-electron chi connectivity index (χ1n) is 39.8. The molecule has 107 heavy (non-hydrogen) atoms. The number of para-hydroxylation sites is 3. The highest BCUT2D eigenvalue weighted by atomic mass is 15.2. The normalized spacial score (nSPS) is 13.3. The zero-order valence-electron chi connectivity index (χ0n) is 67.0. The van der Waals surface area contributed by atoms with Crippen molar-refractivity contribution in [2.75, 3.05) is 14.7 Å². The van der Waals surface area contributed by atoms with E-state index in [0.29, 0.717) is 5.56 Å². The number of anilines is 9. The topological polar surface area (TPSA) is 14.7 Å². The van der Waals surface area contributed by atoms with Crippen molar-refractivity contribution >= 4 is 96.1 Å². The fourth-order valence-electron chi connectivity index (χ4n) is 16.3. The predicted octanol–water partition coefficient (Wildman–Crippen LogP) is 26.2. The molecule has 0 amide bonds. The Kier molecular flexibility index (Phi) is 15.0. The van der Waals surface area contributed by atoms with E-state index in [0.717, 1.165) is 140 Å². The molecule has 0 fully saturated rings. The highest BCUT2D eigenvalue weighted by Gasteiger charge is 2.46. The van der Waals surface area contributed by atoms with Crippen molar-refractivity contribution in [3.63, 3.8) is 0 Å². The molecule has 2 aliphatic heterocycles. The molecule has 4 nitrogen and oxygen atoms in total. The summed E-state index contributed by atoms with van der Waals surface area (Å²) in [7, 11) is 0. The minimum atomic E-state index is -0.457. The molecule has 0 aliphatic carbocycles. The van der Waals surface area contributed by atoms with E-state index >= 15 is 0 Å². The fraction of sp³-hybridized carbons (Fsp3) is 0.118. The van der Waals surface area contributed by atoms with Gasteiger partial charge >= 0.3 is 0 Å². The molecule has 3 heterocycles. The first-order valence-corrected chi connectivity index (χ1v) is 37.3. The van der Waals surface area contributed by atoms with Crippen LogP contribution >= 0.6 is 0 Å². The molecular formula is C102H85BN4. The molecular weight excluding hydrogens is 1290 g/mol. The summed E-state index contributed by atoms with van der Waals surface area (Å²) >= 11 is 0. The highest BCUT2D eigenvalue weighted by Crippen LogP contribution is 2.55. The van der Waals surface area contributed by atoms with Crippen LogP contribution in [0.1, 0.15) is 85.9 Å². The third kappa shape index (κ3) is 12.0. The Bertz CT molecular complexity index is 6150. The smallest absolute Gasteiger partial charge is 0.252 e. The van der Waals surface area contributed by atoms with E-state index in [1.54, 1.807) is 0 Å². The lowest BCUT2D eigenvalue weighted by Gasteiger charge is -2.46. The van der Waals surface area contributed by atoms with Crippen LogP contribution in [0.4, 0.5) is 51.2 Å². The second-order valence-electron chi connectivity index (χ2n) is 31.8. The Balaban J connectivity index is 1.000. The van der Waals surface area contributed by atoms with Gasteiger partial charge in [0.15, 0.2) is 0 Å². The van der Waals surface area contributed by atoms with Crippen LogP contribution in [0.2, 0.25) is 0 Å². The number of hydrogen-bond donors (Lipinski definition) is 0. The first-order chi connectivity index (χ1) is 54.0. The van der Waals surface area contributed by atoms with Crippen molar-refractivity contribution in [3.05, 3.63) is 368 Å². The van der Waals surface area contributed by atoms with Crippen LogP contribution < -0.4 is 31.1 Å². The van der Waals surface area contributed by atoms with Crippen molar-refractivity contribution in [1.82, 2.24) is 4.57 Å². The molecule has 0 atom stereocenters. The molecule has 0 radical (unpaired) electrons. The maximum atomic E-state index is 9.64. The molecule has 516 valence electrons. The number of rotatable bonds is 12. The summed E-state index contributed by atoms with van der Waals surface area (Å²) < 4.78 is 48.8. The SMILES string of the molecule is [2H]c1c([2H])c([2H])c(-c2ccc3c(c2)N(c2cc(-c4ccccc4)cc(-c4ccccc4)c2)c2cc(-c4cc(C(C)(C)C)cc(C(C)(C)C)c4)cc4c2B3c2ccc(N(c3ccccc3)c3ccc(-n5c6ccccc6c6ccccc65)cc3)cc2N4c2c(-c3ccccc3)cc(C(C)(C)C)cc2-c2ccccc2)c([2H])c1[2H]. The molecule has 0 N–H and O–H groups in total. The lowest BCUT2D eigenvalue weighted by atomic mass is 9.33. The molecule has 0 spiro atoms. The average Bonchev–Trinajstić information content (AvgIpc) is 1.12. The second kappa shape index (κ2) is 26.3. The van der Waals surface area contributed by atoms with Crippen LogP contribution in [-0.2, 0) is 16.2 Å². The van der Waals surface area contributed by atoms with E-state index in [4.69, 9.17) is 4.11 Å². The molecule has 0 bridgehead atoms. The maximum absolute atomic E-state index is 9.64. The van der Waals surface area contributed by atoms with Crippen molar-refractivity contribution < 1.29 is 6.85 Å². The molecule has 5 heteroatoms. The highest BCUT2D eigenvalue weighted by molar-refractivity contribution is 7.00. The van der Waals surface area contributed by atoms with Crippen molar-refractivity contribution in [2.45, 2.75) is 78.6 Å². The van der Waals surface area contributed by atoms with Gasteiger partial charge in [-0.05, 0) is 214 Å². The molecule has 1 aromatic heterocycles. The van der Waals surface area contributed by atoms with Gasteiger partial charge in [0.2, 0.25) is 0 Å². The summed E-state index contributed by atoms with van der Waals surface area (Å²) in [5.41, 5.74) is 29.1. The molecule has 2 aliphatic rings. The Morgan fingerprint density at radius 2 is 0.701 bits per heavy atom. The second-order valence-corrected chi connectivity index (χ2v) is 31.8. The Labute approximate surface area is 637 Å². The number of nitrogens with zero attached hydrogens (tertiary/aromatic N) is 4. The fourth-order valence-corrected chi connectivity index (χ4v) is 16.3. The quantitative estimate of drug-likeness (QED) is 0.113. The van der Waals surface area contributed by atoms with Gasteiger partial charge in [-0.2, -0.15) is 0 Å². The van der Waals surface area contributed by atoms with Gasteiger partial charge < -0.3 is 19.3 Å². The van der Waals surface area contributed by atoms with Gasteiger partial charge in [0, 0.05) is 73.1 Å². The van der Waals surface area contributed by atoms with Gasteiger partial charge in [-0.1, -0.05) is 305 Å². The zero-order chi connectivity index (χ0) is 77.2. The van der Waals surface area contributed by atoms with E-state index in [1.165, 1.54) is 27.5 Å². The monoisotopic (exact) mass is 1380 g/mol. The van der Waals surface area contributed by atoms with Gasteiger partial charge in [0.05, 0.1) is 23.6 Å². The van der Waals surface area contributed by atoms with E-state index in [-0.39, 0.29) is 46.0 Å². The van der Waals surface area contributed by atoms with E-state index in [2.05, 4.69) is 397 Å². The maximum Gasteiger partial charge on any atom is 0.252 e. The Hall–Kier alpha value is -12.4. The van der Waals surface area contributed by atoms with Crippen molar-refractivity contribution in [2.24, 2.45) is 0 Å². The van der Waals surface area contributed by atoms with Crippen LogP contribution in [0.3, 0.4) is 0 Å². The van der Waals surface area contributed by atoms with Gasteiger partial charge in [0.25, 0.3) is 6.71 Å². The summed E-state index contributed by atoms with van der Waals surface area (Å²) in [6.07, 6.45) is 0. The molecule has 0 saturated heterocycles. The molecule has 16 aromatic rings. The van der Waals surface area contributed by atoms with Gasteiger partial charge in [-0.3, -0.25) is 0 Å². The summed E-state index contributed by atoms with van der Waals surface area (Å²) in [6.45, 7) is 20.3. The lowest BCUT2D eigenvalue weighted by molar-refractivity contribution is 0.569. The number of aromatic nitrogens is 1.